The van der Waals surface area contributed by atoms with Gasteiger partial charge in [0.15, 0.2) is 11.6 Å². The standard InChI is InChI=1S/C19H15N3O2.C18H11F2N3O/c1-24-15-4-2-13(3-5-15)16-9-12(11-20)8-14-10-17-19(23)21-6-7-22(17)18(14)16;19-14-2-1-11(7-15(14)20)13-6-10(9-21)5-12-8-16-18(24)22-3-4-23(16)17(12)13/h2-5,8-10H,6-7H2,1H3,(H,21,23);1-2,5-8H,3-4H2,(H,22,24). The number of hydrogen-bond donors (Lipinski definition) is 2. The summed E-state index contributed by atoms with van der Waals surface area (Å²) in [6.07, 6.45) is 0. The number of methoxy groups -OCH3 is 1. The summed E-state index contributed by atoms with van der Waals surface area (Å²) in [6.45, 7) is 2.40. The average molecular weight is 641 g/mol. The molecule has 0 saturated heterocycles. The maximum atomic E-state index is 13.7. The van der Waals surface area contributed by atoms with E-state index in [0.717, 1.165) is 57.4 Å². The Kier molecular flexibility index (Phi) is 7.58. The summed E-state index contributed by atoms with van der Waals surface area (Å²) >= 11 is 0. The Morgan fingerprint density at radius 2 is 1.17 bits per heavy atom. The lowest BCUT2D eigenvalue weighted by Crippen LogP contribution is -2.34. The van der Waals surface area contributed by atoms with Crippen molar-refractivity contribution in [3.63, 3.8) is 0 Å². The number of hydrogen-bond acceptors (Lipinski definition) is 5. The zero-order valence-electron chi connectivity index (χ0n) is 25.6. The molecule has 4 heterocycles. The van der Waals surface area contributed by atoms with Gasteiger partial charge in [-0.15, -0.1) is 0 Å². The number of aromatic nitrogens is 2. The van der Waals surface area contributed by atoms with Gasteiger partial charge in [0, 0.05) is 48.1 Å². The first-order valence-electron chi connectivity index (χ1n) is 15.1. The summed E-state index contributed by atoms with van der Waals surface area (Å²) in [4.78, 5) is 24.2. The molecule has 0 atom stereocenters. The molecule has 9 nitrogen and oxygen atoms in total. The quantitative estimate of drug-likeness (QED) is 0.241. The number of fused-ring (bicyclic) bond motifs is 6. The summed E-state index contributed by atoms with van der Waals surface area (Å²) in [6, 6.07) is 26.3. The third kappa shape index (κ3) is 5.17. The van der Waals surface area contributed by atoms with Gasteiger partial charge < -0.3 is 24.5 Å². The fourth-order valence-corrected chi connectivity index (χ4v) is 6.42. The average Bonchev–Trinajstić information content (AvgIpc) is 3.69. The Bertz CT molecular complexity index is 2380. The molecule has 2 amide bonds. The van der Waals surface area contributed by atoms with Crippen LogP contribution in [0, 0.1) is 34.3 Å². The summed E-state index contributed by atoms with van der Waals surface area (Å²) in [5.74, 6) is -1.36. The van der Waals surface area contributed by atoms with Crippen molar-refractivity contribution in [2.24, 2.45) is 0 Å². The number of amides is 2. The molecule has 2 N–H and O–H groups in total. The van der Waals surface area contributed by atoms with Gasteiger partial charge in [0.1, 0.15) is 17.1 Å². The summed E-state index contributed by atoms with van der Waals surface area (Å²) in [5.41, 5.74) is 6.84. The van der Waals surface area contributed by atoms with Crippen LogP contribution in [0.5, 0.6) is 5.75 Å². The molecular formula is C37H26F2N6O3. The normalized spacial score (nSPS) is 13.4. The maximum Gasteiger partial charge on any atom is 0.268 e. The lowest BCUT2D eigenvalue weighted by molar-refractivity contribution is 0.0921. The Labute approximate surface area is 273 Å². The van der Waals surface area contributed by atoms with E-state index in [4.69, 9.17) is 4.74 Å². The number of nitrogens with zero attached hydrogens (tertiary/aromatic N) is 4. The highest BCUT2D eigenvalue weighted by atomic mass is 19.2. The van der Waals surface area contributed by atoms with Crippen LogP contribution in [-0.2, 0) is 13.1 Å². The van der Waals surface area contributed by atoms with Crippen molar-refractivity contribution in [2.45, 2.75) is 13.1 Å². The van der Waals surface area contributed by atoms with Crippen LogP contribution < -0.4 is 15.4 Å². The van der Waals surface area contributed by atoms with Gasteiger partial charge in [-0.1, -0.05) is 18.2 Å². The smallest absolute Gasteiger partial charge is 0.268 e. The second-order valence-corrected chi connectivity index (χ2v) is 11.4. The van der Waals surface area contributed by atoms with E-state index in [9.17, 15) is 28.9 Å². The van der Waals surface area contributed by atoms with Crippen molar-refractivity contribution in [1.29, 1.82) is 10.5 Å². The largest absolute Gasteiger partial charge is 0.497 e. The van der Waals surface area contributed by atoms with E-state index in [1.165, 1.54) is 6.07 Å². The second kappa shape index (κ2) is 12.0. The highest BCUT2D eigenvalue weighted by molar-refractivity contribution is 6.05. The highest BCUT2D eigenvalue weighted by Gasteiger charge is 2.24. The van der Waals surface area contributed by atoms with Gasteiger partial charge >= 0.3 is 0 Å². The first kappa shape index (κ1) is 30.2. The van der Waals surface area contributed by atoms with Crippen molar-refractivity contribution in [3.8, 4) is 40.1 Å². The van der Waals surface area contributed by atoms with Crippen LogP contribution >= 0.6 is 0 Å². The van der Waals surface area contributed by atoms with Crippen molar-refractivity contribution in [2.75, 3.05) is 20.2 Å². The first-order chi connectivity index (χ1) is 23.3. The van der Waals surface area contributed by atoms with Crippen LogP contribution in [0.4, 0.5) is 8.78 Å². The molecule has 8 rings (SSSR count). The molecule has 0 bridgehead atoms. The van der Waals surface area contributed by atoms with Gasteiger partial charge in [0.25, 0.3) is 11.8 Å². The minimum atomic E-state index is -0.953. The van der Waals surface area contributed by atoms with Crippen LogP contribution in [0.2, 0.25) is 0 Å². The molecule has 0 radical (unpaired) electrons. The minimum Gasteiger partial charge on any atom is -0.497 e. The van der Waals surface area contributed by atoms with Crippen molar-refractivity contribution < 1.29 is 23.1 Å². The second-order valence-electron chi connectivity index (χ2n) is 11.4. The van der Waals surface area contributed by atoms with Gasteiger partial charge in [-0.2, -0.15) is 10.5 Å². The molecular weight excluding hydrogens is 614 g/mol. The Balaban J connectivity index is 0.000000152. The van der Waals surface area contributed by atoms with Crippen molar-refractivity contribution in [3.05, 3.63) is 113 Å². The molecule has 0 spiro atoms. The summed E-state index contributed by atoms with van der Waals surface area (Å²) in [7, 11) is 1.63. The Morgan fingerprint density at radius 1 is 0.667 bits per heavy atom. The summed E-state index contributed by atoms with van der Waals surface area (Å²) < 4.78 is 36.0. The van der Waals surface area contributed by atoms with Gasteiger partial charge in [0.2, 0.25) is 0 Å². The van der Waals surface area contributed by atoms with E-state index in [1.54, 1.807) is 25.3 Å². The summed E-state index contributed by atoms with van der Waals surface area (Å²) in [5, 5.41) is 25.9. The third-order valence-electron chi connectivity index (χ3n) is 8.58. The third-order valence-corrected chi connectivity index (χ3v) is 8.58. The lowest BCUT2D eigenvalue weighted by atomic mass is 10.00. The molecule has 2 aromatic heterocycles. The fraction of sp³-hybridized carbons (Fsp3) is 0.135. The number of nitriles is 2. The van der Waals surface area contributed by atoms with Gasteiger partial charge in [0.05, 0.1) is 41.4 Å². The molecule has 4 aromatic carbocycles. The molecule has 0 saturated carbocycles. The van der Waals surface area contributed by atoms with Crippen LogP contribution in [0.3, 0.4) is 0 Å². The highest BCUT2D eigenvalue weighted by Crippen LogP contribution is 2.35. The zero-order chi connectivity index (χ0) is 33.5. The number of carbonyl (C=O) groups is 2. The van der Waals surface area contributed by atoms with Crippen molar-refractivity contribution in [1.82, 2.24) is 19.8 Å². The number of halogens is 2. The number of ether oxygens (including phenoxy) is 1. The predicted molar refractivity (Wildman–Crippen MR) is 175 cm³/mol. The fourth-order valence-electron chi connectivity index (χ4n) is 6.42. The van der Waals surface area contributed by atoms with E-state index in [-0.39, 0.29) is 11.8 Å². The number of carbonyl (C=O) groups excluding carboxylic acids is 2. The Morgan fingerprint density at radius 3 is 1.65 bits per heavy atom. The van der Waals surface area contributed by atoms with Crippen LogP contribution in [0.15, 0.2) is 78.9 Å². The molecule has 11 heteroatoms. The van der Waals surface area contributed by atoms with Gasteiger partial charge in [-0.05, 0) is 71.8 Å². The first-order valence-corrected chi connectivity index (χ1v) is 15.1. The number of rotatable bonds is 3. The SMILES string of the molecule is COc1ccc(-c2cc(C#N)cc3cc4n(c23)CCNC4=O)cc1.N#Cc1cc(-c2ccc(F)c(F)c2)c2c(c1)cc1n2CCNC1=O. The molecule has 2 aliphatic rings. The Hall–Kier alpha value is -6.46. The van der Waals surface area contributed by atoms with Crippen LogP contribution in [0.1, 0.15) is 32.1 Å². The zero-order valence-corrected chi connectivity index (χ0v) is 25.6. The van der Waals surface area contributed by atoms with E-state index in [1.807, 2.05) is 51.6 Å². The number of nitrogens with one attached hydrogen (secondary N) is 2. The molecule has 0 unspecified atom stereocenters. The van der Waals surface area contributed by atoms with Gasteiger partial charge in [-0.25, -0.2) is 8.78 Å². The predicted octanol–water partition coefficient (Wildman–Crippen LogP) is 6.13. The van der Waals surface area contributed by atoms with E-state index in [2.05, 4.69) is 22.8 Å². The molecule has 0 aliphatic carbocycles. The van der Waals surface area contributed by atoms with E-state index >= 15 is 0 Å². The number of benzene rings is 4. The molecule has 236 valence electrons. The van der Waals surface area contributed by atoms with Crippen LogP contribution in [0.25, 0.3) is 44.1 Å². The monoisotopic (exact) mass is 640 g/mol. The van der Waals surface area contributed by atoms with Gasteiger partial charge in [-0.3, -0.25) is 9.59 Å². The minimum absolute atomic E-state index is 0.0726. The molecule has 0 fully saturated rings. The molecule has 2 aliphatic heterocycles. The van der Waals surface area contributed by atoms with E-state index in [0.29, 0.717) is 53.3 Å². The van der Waals surface area contributed by atoms with Crippen LogP contribution in [-0.4, -0.2) is 41.1 Å². The topological polar surface area (TPSA) is 125 Å². The van der Waals surface area contributed by atoms with E-state index < -0.39 is 11.6 Å². The molecule has 48 heavy (non-hydrogen) atoms. The molecule has 6 aromatic rings. The lowest BCUT2D eigenvalue weighted by Gasteiger charge is -2.18. The maximum absolute atomic E-state index is 13.7. The van der Waals surface area contributed by atoms with Crippen molar-refractivity contribution >= 4 is 33.6 Å².